The fourth-order valence-electron chi connectivity index (χ4n) is 2.69. The topological polar surface area (TPSA) is 15.3 Å². The molecule has 0 bridgehead atoms. The van der Waals surface area contributed by atoms with Crippen LogP contribution in [0.4, 0.5) is 11.4 Å². The predicted octanol–water partition coefficient (Wildman–Crippen LogP) is 5.06. The highest BCUT2D eigenvalue weighted by Crippen LogP contribution is 2.40. The summed E-state index contributed by atoms with van der Waals surface area (Å²) in [6.45, 7) is 0. The number of hydrogen-bond acceptors (Lipinski definition) is 3. The summed E-state index contributed by atoms with van der Waals surface area (Å²) in [5, 5.41) is 4.51. The Hall–Kier alpha value is -1.32. The molecular formula is C17H19ClN2S. The quantitative estimate of drug-likeness (QED) is 0.852. The standard InChI is InChI=1S/C17H19ClN2S/c1-20(2)16-6-4-3-5-15(16)19-14-9-10-21-17-8-7-12(18)11-13(14)17/h3-8,11,14,19H,9-10H2,1-2H3. The number of rotatable bonds is 3. The molecular weight excluding hydrogens is 300 g/mol. The lowest BCUT2D eigenvalue weighted by molar-refractivity contribution is 0.728. The zero-order valence-corrected chi connectivity index (χ0v) is 13.8. The summed E-state index contributed by atoms with van der Waals surface area (Å²) in [5.41, 5.74) is 3.69. The Kier molecular flexibility index (Phi) is 4.32. The minimum absolute atomic E-state index is 0.320. The lowest BCUT2D eigenvalue weighted by Crippen LogP contribution is -2.18. The summed E-state index contributed by atoms with van der Waals surface area (Å²) in [6, 6.07) is 14.9. The van der Waals surface area contributed by atoms with E-state index in [0.717, 1.165) is 17.2 Å². The van der Waals surface area contributed by atoms with Crippen LogP contribution in [0.5, 0.6) is 0 Å². The van der Waals surface area contributed by atoms with Crippen molar-refractivity contribution < 1.29 is 0 Å². The fraction of sp³-hybridized carbons (Fsp3) is 0.294. The Bertz CT molecular complexity index is 642. The number of hydrogen-bond donors (Lipinski definition) is 1. The van der Waals surface area contributed by atoms with E-state index >= 15 is 0 Å². The zero-order chi connectivity index (χ0) is 14.8. The van der Waals surface area contributed by atoms with E-state index in [9.17, 15) is 0 Å². The highest BCUT2D eigenvalue weighted by molar-refractivity contribution is 7.99. The van der Waals surface area contributed by atoms with Gasteiger partial charge in [0.25, 0.3) is 0 Å². The summed E-state index contributed by atoms with van der Waals surface area (Å²) in [5.74, 6) is 1.14. The zero-order valence-electron chi connectivity index (χ0n) is 12.3. The van der Waals surface area contributed by atoms with Gasteiger partial charge in [-0.05, 0) is 42.3 Å². The molecule has 0 saturated heterocycles. The highest BCUT2D eigenvalue weighted by atomic mass is 35.5. The first-order chi connectivity index (χ1) is 10.1. The third-order valence-electron chi connectivity index (χ3n) is 3.73. The van der Waals surface area contributed by atoms with E-state index in [2.05, 4.69) is 60.7 Å². The maximum atomic E-state index is 6.18. The minimum Gasteiger partial charge on any atom is -0.376 e. The number of benzene rings is 2. The minimum atomic E-state index is 0.320. The van der Waals surface area contributed by atoms with E-state index in [1.54, 1.807) is 0 Å². The Labute approximate surface area is 135 Å². The third-order valence-corrected chi connectivity index (χ3v) is 5.08. The second-order valence-corrected chi connectivity index (χ2v) is 7.00. The molecule has 0 amide bonds. The molecule has 1 aliphatic heterocycles. The Morgan fingerprint density at radius 2 is 2.00 bits per heavy atom. The molecule has 1 aliphatic rings. The van der Waals surface area contributed by atoms with Crippen molar-refractivity contribution in [2.24, 2.45) is 0 Å². The van der Waals surface area contributed by atoms with E-state index < -0.39 is 0 Å². The fourth-order valence-corrected chi connectivity index (χ4v) is 3.97. The van der Waals surface area contributed by atoms with Gasteiger partial charge in [0, 0.05) is 29.8 Å². The van der Waals surface area contributed by atoms with E-state index in [4.69, 9.17) is 11.6 Å². The molecule has 4 heteroatoms. The van der Waals surface area contributed by atoms with Gasteiger partial charge >= 0.3 is 0 Å². The van der Waals surface area contributed by atoms with Gasteiger partial charge in [-0.3, -0.25) is 0 Å². The second-order valence-electron chi connectivity index (χ2n) is 5.43. The van der Waals surface area contributed by atoms with E-state index in [-0.39, 0.29) is 0 Å². The average Bonchev–Trinajstić information content (AvgIpc) is 2.48. The van der Waals surface area contributed by atoms with Crippen molar-refractivity contribution in [1.29, 1.82) is 0 Å². The molecule has 1 unspecified atom stereocenters. The monoisotopic (exact) mass is 318 g/mol. The number of para-hydroxylation sites is 2. The van der Waals surface area contributed by atoms with Gasteiger partial charge in [0.15, 0.2) is 0 Å². The van der Waals surface area contributed by atoms with Gasteiger partial charge in [0.05, 0.1) is 17.4 Å². The van der Waals surface area contributed by atoms with Crippen LogP contribution >= 0.6 is 23.4 Å². The van der Waals surface area contributed by atoms with E-state index in [1.807, 2.05) is 17.8 Å². The number of nitrogens with zero attached hydrogens (tertiary/aromatic N) is 1. The molecule has 2 nitrogen and oxygen atoms in total. The average molecular weight is 319 g/mol. The van der Waals surface area contributed by atoms with Crippen LogP contribution in [0.25, 0.3) is 0 Å². The molecule has 0 radical (unpaired) electrons. The van der Waals surface area contributed by atoms with Gasteiger partial charge < -0.3 is 10.2 Å². The maximum absolute atomic E-state index is 6.18. The first kappa shape index (κ1) is 14.6. The lowest BCUT2D eigenvalue weighted by Gasteiger charge is -2.29. The Morgan fingerprint density at radius 3 is 2.81 bits per heavy atom. The molecule has 0 fully saturated rings. The van der Waals surface area contributed by atoms with Crippen molar-refractivity contribution in [2.45, 2.75) is 17.4 Å². The number of fused-ring (bicyclic) bond motifs is 1. The molecule has 1 atom stereocenters. The van der Waals surface area contributed by atoms with Crippen LogP contribution in [0.1, 0.15) is 18.0 Å². The summed E-state index contributed by atoms with van der Waals surface area (Å²) in [7, 11) is 4.14. The molecule has 21 heavy (non-hydrogen) atoms. The van der Waals surface area contributed by atoms with Gasteiger partial charge in [-0.1, -0.05) is 23.7 Å². The van der Waals surface area contributed by atoms with Crippen LogP contribution in [0.2, 0.25) is 5.02 Å². The maximum Gasteiger partial charge on any atom is 0.0596 e. The van der Waals surface area contributed by atoms with Gasteiger partial charge in [-0.25, -0.2) is 0 Å². The van der Waals surface area contributed by atoms with Crippen molar-refractivity contribution in [2.75, 3.05) is 30.1 Å². The SMILES string of the molecule is CN(C)c1ccccc1NC1CCSc2ccc(Cl)cc21. The van der Waals surface area contributed by atoms with Crippen molar-refractivity contribution in [3.05, 3.63) is 53.1 Å². The van der Waals surface area contributed by atoms with E-state index in [1.165, 1.54) is 21.8 Å². The smallest absolute Gasteiger partial charge is 0.0596 e. The normalized spacial score (nSPS) is 17.2. The van der Waals surface area contributed by atoms with Crippen molar-refractivity contribution in [3.8, 4) is 0 Å². The number of thioether (sulfide) groups is 1. The molecule has 2 aromatic carbocycles. The number of anilines is 2. The van der Waals surface area contributed by atoms with E-state index in [0.29, 0.717) is 6.04 Å². The molecule has 3 rings (SSSR count). The molecule has 0 aliphatic carbocycles. The summed E-state index contributed by atoms with van der Waals surface area (Å²) in [6.07, 6.45) is 1.11. The van der Waals surface area contributed by atoms with Crippen LogP contribution in [0, 0.1) is 0 Å². The summed E-state index contributed by atoms with van der Waals surface area (Å²) >= 11 is 8.09. The first-order valence-electron chi connectivity index (χ1n) is 7.10. The number of halogens is 1. The van der Waals surface area contributed by atoms with Crippen LogP contribution in [-0.4, -0.2) is 19.8 Å². The van der Waals surface area contributed by atoms with Gasteiger partial charge in [-0.15, -0.1) is 11.8 Å². The largest absolute Gasteiger partial charge is 0.376 e. The molecule has 110 valence electrons. The van der Waals surface area contributed by atoms with Gasteiger partial charge in [-0.2, -0.15) is 0 Å². The summed E-state index contributed by atoms with van der Waals surface area (Å²) < 4.78 is 0. The predicted molar refractivity (Wildman–Crippen MR) is 93.9 cm³/mol. The van der Waals surface area contributed by atoms with Crippen molar-refractivity contribution in [1.82, 2.24) is 0 Å². The van der Waals surface area contributed by atoms with Crippen molar-refractivity contribution in [3.63, 3.8) is 0 Å². The van der Waals surface area contributed by atoms with Crippen LogP contribution in [0.15, 0.2) is 47.4 Å². The van der Waals surface area contributed by atoms with Gasteiger partial charge in [0.2, 0.25) is 0 Å². The highest BCUT2D eigenvalue weighted by Gasteiger charge is 2.21. The second kappa shape index (κ2) is 6.20. The molecule has 0 aromatic heterocycles. The molecule has 2 aromatic rings. The van der Waals surface area contributed by atoms with Gasteiger partial charge in [0.1, 0.15) is 0 Å². The Morgan fingerprint density at radius 1 is 1.19 bits per heavy atom. The van der Waals surface area contributed by atoms with Crippen molar-refractivity contribution >= 4 is 34.7 Å². The van der Waals surface area contributed by atoms with Crippen LogP contribution in [0.3, 0.4) is 0 Å². The molecule has 0 spiro atoms. The Balaban J connectivity index is 1.92. The van der Waals surface area contributed by atoms with Crippen LogP contribution < -0.4 is 10.2 Å². The first-order valence-corrected chi connectivity index (χ1v) is 8.46. The lowest BCUT2D eigenvalue weighted by atomic mass is 10.0. The third kappa shape index (κ3) is 3.14. The molecule has 0 saturated carbocycles. The molecule has 1 heterocycles. The molecule has 1 N–H and O–H groups in total. The summed E-state index contributed by atoms with van der Waals surface area (Å²) in [4.78, 5) is 3.48. The van der Waals surface area contributed by atoms with Crippen LogP contribution in [-0.2, 0) is 0 Å². The number of nitrogens with one attached hydrogen (secondary N) is 1.